The molecule has 1 aliphatic heterocycles. The second kappa shape index (κ2) is 6.61. The Balaban J connectivity index is 1.59. The summed E-state index contributed by atoms with van der Waals surface area (Å²) in [5, 5.41) is 0.521. The molecular formula is C19H19ClN4O2. The van der Waals surface area contributed by atoms with Crippen molar-refractivity contribution in [2.75, 3.05) is 20.2 Å². The number of methoxy groups -OCH3 is 1. The minimum atomic E-state index is -0.0627. The summed E-state index contributed by atoms with van der Waals surface area (Å²) in [5.74, 6) is 1.66. The molecule has 6 nitrogen and oxygen atoms in total. The molecule has 0 radical (unpaired) electrons. The van der Waals surface area contributed by atoms with Gasteiger partial charge in [0.1, 0.15) is 11.6 Å². The number of rotatable bonds is 3. The Kier molecular flexibility index (Phi) is 4.28. The van der Waals surface area contributed by atoms with E-state index in [1.54, 1.807) is 31.5 Å². The van der Waals surface area contributed by atoms with E-state index < -0.39 is 0 Å². The zero-order valence-corrected chi connectivity index (χ0v) is 15.4. The highest BCUT2D eigenvalue weighted by molar-refractivity contribution is 6.31. The summed E-state index contributed by atoms with van der Waals surface area (Å²) < 4.78 is 7.39. The third-order valence-electron chi connectivity index (χ3n) is 4.95. The summed E-state index contributed by atoms with van der Waals surface area (Å²) >= 11 is 6.07. The van der Waals surface area contributed by atoms with Crippen LogP contribution in [-0.2, 0) is 7.05 Å². The lowest BCUT2D eigenvalue weighted by Crippen LogP contribution is -2.29. The molecule has 3 aromatic rings. The van der Waals surface area contributed by atoms with Crippen LogP contribution in [0.1, 0.15) is 28.5 Å². The number of benzene rings is 1. The van der Waals surface area contributed by atoms with Crippen molar-refractivity contribution < 1.29 is 9.53 Å². The molecule has 1 aliphatic rings. The number of hydrogen-bond donors (Lipinski definition) is 0. The molecule has 1 amide bonds. The van der Waals surface area contributed by atoms with E-state index in [4.69, 9.17) is 21.3 Å². The normalized spacial score (nSPS) is 17.0. The molecule has 0 spiro atoms. The van der Waals surface area contributed by atoms with E-state index in [-0.39, 0.29) is 11.8 Å². The number of aromatic nitrogens is 3. The minimum Gasteiger partial charge on any atom is -0.496 e. The SMILES string of the molecule is COc1ccc(Cl)cc1C(=O)N1CCC(c2nc3ccncc3n2C)C1. The van der Waals surface area contributed by atoms with Crippen LogP contribution in [0.3, 0.4) is 0 Å². The van der Waals surface area contributed by atoms with E-state index in [1.807, 2.05) is 24.2 Å². The fraction of sp³-hybridized carbons (Fsp3) is 0.316. The van der Waals surface area contributed by atoms with E-state index in [1.165, 1.54) is 0 Å². The monoisotopic (exact) mass is 370 g/mol. The van der Waals surface area contributed by atoms with Crippen LogP contribution in [0.2, 0.25) is 5.02 Å². The highest BCUT2D eigenvalue weighted by Crippen LogP contribution is 2.31. The Labute approximate surface area is 156 Å². The molecule has 7 heteroatoms. The number of ether oxygens (including phenoxy) is 1. The number of aryl methyl sites for hydroxylation is 1. The van der Waals surface area contributed by atoms with E-state index in [0.717, 1.165) is 23.3 Å². The number of halogens is 1. The molecule has 0 N–H and O–H groups in total. The third kappa shape index (κ3) is 2.80. The summed E-state index contributed by atoms with van der Waals surface area (Å²) in [6.07, 6.45) is 4.44. The fourth-order valence-corrected chi connectivity index (χ4v) is 3.76. The Morgan fingerprint density at radius 2 is 2.19 bits per heavy atom. The summed E-state index contributed by atoms with van der Waals surface area (Å²) in [5.41, 5.74) is 2.43. The van der Waals surface area contributed by atoms with Crippen molar-refractivity contribution in [3.8, 4) is 5.75 Å². The van der Waals surface area contributed by atoms with E-state index >= 15 is 0 Å². The van der Waals surface area contributed by atoms with Gasteiger partial charge in [0.15, 0.2) is 0 Å². The smallest absolute Gasteiger partial charge is 0.257 e. The van der Waals surface area contributed by atoms with Crippen LogP contribution in [0.5, 0.6) is 5.75 Å². The lowest BCUT2D eigenvalue weighted by atomic mass is 10.1. The molecule has 1 unspecified atom stereocenters. The zero-order valence-electron chi connectivity index (χ0n) is 14.6. The highest BCUT2D eigenvalue weighted by Gasteiger charge is 2.32. The van der Waals surface area contributed by atoms with Crippen LogP contribution in [0.15, 0.2) is 36.7 Å². The lowest BCUT2D eigenvalue weighted by molar-refractivity contribution is 0.0787. The Morgan fingerprint density at radius 3 is 2.96 bits per heavy atom. The molecule has 1 saturated heterocycles. The van der Waals surface area contributed by atoms with Crippen LogP contribution in [0.25, 0.3) is 11.0 Å². The number of imidazole rings is 1. The number of carbonyl (C=O) groups excluding carboxylic acids is 1. The van der Waals surface area contributed by atoms with Crippen LogP contribution in [0.4, 0.5) is 0 Å². The Morgan fingerprint density at radius 1 is 1.35 bits per heavy atom. The van der Waals surface area contributed by atoms with E-state index in [9.17, 15) is 4.79 Å². The second-order valence-corrected chi connectivity index (χ2v) is 6.91. The van der Waals surface area contributed by atoms with Gasteiger partial charge in [0.05, 0.1) is 29.9 Å². The molecule has 0 aliphatic carbocycles. The van der Waals surface area contributed by atoms with Crippen molar-refractivity contribution in [1.29, 1.82) is 0 Å². The van der Waals surface area contributed by atoms with Gasteiger partial charge in [0, 0.05) is 37.3 Å². The van der Waals surface area contributed by atoms with Gasteiger partial charge in [-0.15, -0.1) is 0 Å². The topological polar surface area (TPSA) is 60.2 Å². The quantitative estimate of drug-likeness (QED) is 0.710. The number of nitrogens with zero attached hydrogens (tertiary/aromatic N) is 4. The maximum absolute atomic E-state index is 13.0. The van der Waals surface area contributed by atoms with Gasteiger partial charge in [-0.1, -0.05) is 11.6 Å². The number of fused-ring (bicyclic) bond motifs is 1. The Bertz CT molecular complexity index is 985. The molecular weight excluding hydrogens is 352 g/mol. The van der Waals surface area contributed by atoms with Crippen LogP contribution in [0, 0.1) is 0 Å². The predicted molar refractivity (Wildman–Crippen MR) is 99.8 cm³/mol. The number of amides is 1. The van der Waals surface area contributed by atoms with Crippen molar-refractivity contribution in [2.24, 2.45) is 7.05 Å². The van der Waals surface area contributed by atoms with E-state index in [2.05, 4.69) is 9.55 Å². The van der Waals surface area contributed by atoms with Crippen LogP contribution in [-0.4, -0.2) is 45.5 Å². The van der Waals surface area contributed by atoms with Crippen molar-refractivity contribution in [1.82, 2.24) is 19.4 Å². The van der Waals surface area contributed by atoms with Gasteiger partial charge in [-0.2, -0.15) is 0 Å². The van der Waals surface area contributed by atoms with Gasteiger partial charge in [-0.3, -0.25) is 9.78 Å². The van der Waals surface area contributed by atoms with Gasteiger partial charge >= 0.3 is 0 Å². The van der Waals surface area contributed by atoms with Crippen molar-refractivity contribution in [2.45, 2.75) is 12.3 Å². The molecule has 0 bridgehead atoms. The summed E-state index contributed by atoms with van der Waals surface area (Å²) in [6.45, 7) is 1.31. The number of pyridine rings is 1. The molecule has 26 heavy (non-hydrogen) atoms. The predicted octanol–water partition coefficient (Wildman–Crippen LogP) is 3.26. The first-order valence-corrected chi connectivity index (χ1v) is 8.85. The summed E-state index contributed by atoms with van der Waals surface area (Å²) in [7, 11) is 3.55. The van der Waals surface area contributed by atoms with E-state index in [0.29, 0.717) is 29.4 Å². The molecule has 4 rings (SSSR count). The van der Waals surface area contributed by atoms with Crippen LogP contribution >= 0.6 is 11.6 Å². The second-order valence-electron chi connectivity index (χ2n) is 6.47. The van der Waals surface area contributed by atoms with Gasteiger partial charge in [-0.25, -0.2) is 4.98 Å². The number of hydrogen-bond acceptors (Lipinski definition) is 4. The number of carbonyl (C=O) groups is 1. The highest BCUT2D eigenvalue weighted by atomic mass is 35.5. The molecule has 0 saturated carbocycles. The van der Waals surface area contributed by atoms with Crippen molar-refractivity contribution in [3.63, 3.8) is 0 Å². The molecule has 1 atom stereocenters. The summed E-state index contributed by atoms with van der Waals surface area (Å²) in [4.78, 5) is 23.7. The molecule has 1 aromatic carbocycles. The molecule has 2 aromatic heterocycles. The van der Waals surface area contributed by atoms with Gasteiger partial charge in [-0.05, 0) is 30.7 Å². The molecule has 1 fully saturated rings. The lowest BCUT2D eigenvalue weighted by Gasteiger charge is -2.18. The third-order valence-corrected chi connectivity index (χ3v) is 5.19. The molecule has 134 valence electrons. The first-order chi connectivity index (χ1) is 12.6. The maximum atomic E-state index is 13.0. The zero-order chi connectivity index (χ0) is 18.3. The van der Waals surface area contributed by atoms with Crippen molar-refractivity contribution in [3.05, 3.63) is 53.1 Å². The number of likely N-dealkylation sites (tertiary alicyclic amines) is 1. The standard InChI is InChI=1S/C19H19ClN4O2/c1-23-16-10-21-7-5-15(16)22-18(23)12-6-8-24(11-12)19(25)14-9-13(20)3-4-17(14)26-2/h3-5,7,9-10,12H,6,8,11H2,1-2H3. The van der Waals surface area contributed by atoms with Crippen molar-refractivity contribution >= 4 is 28.5 Å². The summed E-state index contributed by atoms with van der Waals surface area (Å²) in [6, 6.07) is 7.02. The van der Waals surface area contributed by atoms with Crippen LogP contribution < -0.4 is 4.74 Å². The average Bonchev–Trinajstić information content (AvgIpc) is 3.26. The average molecular weight is 371 g/mol. The van der Waals surface area contributed by atoms with Gasteiger partial charge in [0.25, 0.3) is 5.91 Å². The fourth-order valence-electron chi connectivity index (χ4n) is 3.59. The largest absolute Gasteiger partial charge is 0.496 e. The van der Waals surface area contributed by atoms with Gasteiger partial charge < -0.3 is 14.2 Å². The van der Waals surface area contributed by atoms with Gasteiger partial charge in [0.2, 0.25) is 0 Å². The first kappa shape index (κ1) is 16.8. The maximum Gasteiger partial charge on any atom is 0.257 e. The Hall–Kier alpha value is -2.60. The minimum absolute atomic E-state index is 0.0627. The first-order valence-electron chi connectivity index (χ1n) is 8.47. The molecule has 3 heterocycles.